The average molecular weight is 130 g/mol. The molecule has 0 aromatic heterocycles. The van der Waals surface area contributed by atoms with Crippen LogP contribution in [-0.2, 0) is 0 Å². The molecule has 0 saturated carbocycles. The second kappa shape index (κ2) is 6.44. The number of halogens is 1. The van der Waals surface area contributed by atoms with Gasteiger partial charge in [-0.1, -0.05) is 12.2 Å². The van der Waals surface area contributed by atoms with E-state index in [0.29, 0.717) is 5.88 Å². The number of rotatable bonds is 3. The van der Waals surface area contributed by atoms with Crippen molar-refractivity contribution >= 4 is 18.3 Å². The molecule has 0 bridgehead atoms. The quantitative estimate of drug-likeness (QED) is 0.314. The molecule has 0 radical (unpaired) electrons. The standard InChI is InChI=1S/C6H8ClN/c1-8-6-4-2-3-5-7/h2-4,6H,1,5H2/b3-2-,6-4-. The zero-order chi connectivity index (χ0) is 6.24. The number of hydrogen-bond acceptors (Lipinski definition) is 1. The van der Waals surface area contributed by atoms with Gasteiger partial charge in [0.2, 0.25) is 0 Å². The summed E-state index contributed by atoms with van der Waals surface area (Å²) in [6.45, 7) is 3.25. The minimum Gasteiger partial charge on any atom is -0.273 e. The van der Waals surface area contributed by atoms with Gasteiger partial charge in [-0.3, -0.25) is 4.99 Å². The zero-order valence-corrected chi connectivity index (χ0v) is 5.30. The summed E-state index contributed by atoms with van der Waals surface area (Å²) < 4.78 is 0. The van der Waals surface area contributed by atoms with Gasteiger partial charge in [-0.2, -0.15) is 0 Å². The van der Waals surface area contributed by atoms with Crippen LogP contribution in [-0.4, -0.2) is 12.6 Å². The highest BCUT2D eigenvalue weighted by molar-refractivity contribution is 6.18. The van der Waals surface area contributed by atoms with E-state index in [1.807, 2.05) is 12.2 Å². The Balaban J connectivity index is 3.26. The molecular formula is C6H8ClN. The van der Waals surface area contributed by atoms with Crippen LogP contribution in [0.5, 0.6) is 0 Å². The molecule has 0 heterocycles. The molecule has 2 heteroatoms. The van der Waals surface area contributed by atoms with E-state index >= 15 is 0 Å². The van der Waals surface area contributed by atoms with Gasteiger partial charge in [0.05, 0.1) is 0 Å². The fourth-order valence-electron chi connectivity index (χ4n) is 0.241. The van der Waals surface area contributed by atoms with E-state index in [2.05, 4.69) is 11.7 Å². The molecular weight excluding hydrogens is 122 g/mol. The summed E-state index contributed by atoms with van der Waals surface area (Å²) in [6, 6.07) is 0. The largest absolute Gasteiger partial charge is 0.273 e. The molecule has 1 nitrogen and oxygen atoms in total. The van der Waals surface area contributed by atoms with Crippen molar-refractivity contribution in [1.29, 1.82) is 0 Å². The molecule has 0 aromatic carbocycles. The van der Waals surface area contributed by atoms with Crippen LogP contribution in [0.25, 0.3) is 0 Å². The summed E-state index contributed by atoms with van der Waals surface area (Å²) in [7, 11) is 0. The van der Waals surface area contributed by atoms with Gasteiger partial charge in [-0.15, -0.1) is 11.6 Å². The number of hydrogen-bond donors (Lipinski definition) is 0. The maximum absolute atomic E-state index is 5.31. The molecule has 0 atom stereocenters. The van der Waals surface area contributed by atoms with E-state index in [4.69, 9.17) is 11.6 Å². The maximum atomic E-state index is 5.31. The van der Waals surface area contributed by atoms with Crippen molar-refractivity contribution in [2.24, 2.45) is 4.99 Å². The Kier molecular flexibility index (Phi) is 5.99. The molecule has 0 N–H and O–H groups in total. The van der Waals surface area contributed by atoms with E-state index in [1.165, 1.54) is 0 Å². The third-order valence-corrected chi connectivity index (χ3v) is 0.706. The lowest BCUT2D eigenvalue weighted by Crippen LogP contribution is -1.55. The first kappa shape index (κ1) is 7.44. The SMILES string of the molecule is C=N/C=C\C=C/CCl. The Hall–Kier alpha value is -0.560. The molecule has 0 fully saturated rings. The smallest absolute Gasteiger partial charge is 0.0407 e. The normalized spacial score (nSPS) is 11.1. The first-order valence-corrected chi connectivity index (χ1v) is 2.78. The van der Waals surface area contributed by atoms with Crippen LogP contribution < -0.4 is 0 Å². The van der Waals surface area contributed by atoms with Crippen LogP contribution in [0.3, 0.4) is 0 Å². The molecule has 0 saturated heterocycles. The Morgan fingerprint density at radius 1 is 1.50 bits per heavy atom. The van der Waals surface area contributed by atoms with Crippen LogP contribution in [0.1, 0.15) is 0 Å². The van der Waals surface area contributed by atoms with E-state index < -0.39 is 0 Å². The van der Waals surface area contributed by atoms with Gasteiger partial charge in [0.25, 0.3) is 0 Å². The van der Waals surface area contributed by atoms with E-state index in [0.717, 1.165) is 0 Å². The van der Waals surface area contributed by atoms with Gasteiger partial charge in [0.1, 0.15) is 0 Å². The maximum Gasteiger partial charge on any atom is 0.0407 e. The lowest BCUT2D eigenvalue weighted by atomic mass is 10.5. The lowest BCUT2D eigenvalue weighted by molar-refractivity contribution is 1.60. The first-order chi connectivity index (χ1) is 3.91. The second-order valence-electron chi connectivity index (χ2n) is 1.11. The Labute approximate surface area is 54.4 Å². The molecule has 0 aliphatic rings. The highest BCUT2D eigenvalue weighted by atomic mass is 35.5. The molecule has 0 amide bonds. The van der Waals surface area contributed by atoms with E-state index in [-0.39, 0.29) is 0 Å². The minimum atomic E-state index is 0.543. The summed E-state index contributed by atoms with van der Waals surface area (Å²) in [5.41, 5.74) is 0. The zero-order valence-electron chi connectivity index (χ0n) is 4.55. The van der Waals surface area contributed by atoms with Crippen LogP contribution in [0.4, 0.5) is 0 Å². The summed E-state index contributed by atoms with van der Waals surface area (Å²) in [5.74, 6) is 0.543. The number of aliphatic imine (C=N–C) groups is 1. The van der Waals surface area contributed by atoms with Gasteiger partial charge in [0, 0.05) is 12.1 Å². The van der Waals surface area contributed by atoms with E-state index in [1.54, 1.807) is 12.3 Å². The monoisotopic (exact) mass is 129 g/mol. The van der Waals surface area contributed by atoms with Crippen molar-refractivity contribution in [3.63, 3.8) is 0 Å². The average Bonchev–Trinajstić information content (AvgIpc) is 1.81. The van der Waals surface area contributed by atoms with Crippen molar-refractivity contribution in [2.45, 2.75) is 0 Å². The first-order valence-electron chi connectivity index (χ1n) is 2.25. The van der Waals surface area contributed by atoms with Crippen LogP contribution in [0.15, 0.2) is 29.4 Å². The third kappa shape index (κ3) is 5.44. The molecule has 44 valence electrons. The highest BCUT2D eigenvalue weighted by Crippen LogP contribution is 1.79. The number of nitrogens with zero attached hydrogens (tertiary/aromatic N) is 1. The molecule has 0 aliphatic heterocycles. The fourth-order valence-corrected chi connectivity index (χ4v) is 0.343. The van der Waals surface area contributed by atoms with Gasteiger partial charge >= 0.3 is 0 Å². The van der Waals surface area contributed by atoms with Crippen molar-refractivity contribution < 1.29 is 0 Å². The third-order valence-electron chi connectivity index (χ3n) is 0.528. The molecule has 0 rings (SSSR count). The molecule has 8 heavy (non-hydrogen) atoms. The van der Waals surface area contributed by atoms with Crippen LogP contribution >= 0.6 is 11.6 Å². The molecule has 0 unspecified atom stereocenters. The summed E-state index contributed by atoms with van der Waals surface area (Å²) in [5, 5.41) is 0. The van der Waals surface area contributed by atoms with Crippen molar-refractivity contribution in [2.75, 3.05) is 5.88 Å². The summed E-state index contributed by atoms with van der Waals surface area (Å²) in [6.07, 6.45) is 7.02. The van der Waals surface area contributed by atoms with Gasteiger partial charge < -0.3 is 0 Å². The number of allylic oxidation sites excluding steroid dienone is 3. The highest BCUT2D eigenvalue weighted by Gasteiger charge is 1.61. The van der Waals surface area contributed by atoms with Crippen molar-refractivity contribution in [3.05, 3.63) is 24.4 Å². The summed E-state index contributed by atoms with van der Waals surface area (Å²) in [4.78, 5) is 3.48. The predicted octanol–water partition coefficient (Wildman–Crippen LogP) is 2.00. The molecule has 0 aromatic rings. The van der Waals surface area contributed by atoms with Crippen molar-refractivity contribution in [3.8, 4) is 0 Å². The Morgan fingerprint density at radius 3 is 2.75 bits per heavy atom. The second-order valence-corrected chi connectivity index (χ2v) is 1.42. The van der Waals surface area contributed by atoms with Crippen LogP contribution in [0, 0.1) is 0 Å². The van der Waals surface area contributed by atoms with Crippen LogP contribution in [0.2, 0.25) is 0 Å². The summed E-state index contributed by atoms with van der Waals surface area (Å²) >= 11 is 5.31. The van der Waals surface area contributed by atoms with Gasteiger partial charge in [-0.25, -0.2) is 0 Å². The molecule has 0 aliphatic carbocycles. The van der Waals surface area contributed by atoms with Gasteiger partial charge in [-0.05, 0) is 12.8 Å². The van der Waals surface area contributed by atoms with Crippen molar-refractivity contribution in [1.82, 2.24) is 0 Å². The Bertz CT molecular complexity index is 105. The Morgan fingerprint density at radius 2 is 2.25 bits per heavy atom. The minimum absolute atomic E-state index is 0.543. The topological polar surface area (TPSA) is 12.4 Å². The lowest BCUT2D eigenvalue weighted by Gasteiger charge is -1.70. The fraction of sp³-hybridized carbons (Fsp3) is 0.167. The predicted molar refractivity (Wildman–Crippen MR) is 38.5 cm³/mol. The number of alkyl halides is 1. The van der Waals surface area contributed by atoms with E-state index in [9.17, 15) is 0 Å². The molecule has 0 spiro atoms. The van der Waals surface area contributed by atoms with Gasteiger partial charge in [0.15, 0.2) is 0 Å².